The molecular formula is C11H18N2O3S. The largest absolute Gasteiger partial charge is 0.388 e. The zero-order valence-corrected chi connectivity index (χ0v) is 11.0. The lowest BCUT2D eigenvalue weighted by Gasteiger charge is -2.27. The second-order valence-electron chi connectivity index (χ2n) is 4.59. The number of hydrogen-bond donors (Lipinski definition) is 3. The van der Waals surface area contributed by atoms with E-state index in [1.165, 1.54) is 12.1 Å². The summed E-state index contributed by atoms with van der Waals surface area (Å²) in [5.41, 5.74) is -0.302. The number of sulfonamides is 1. The lowest BCUT2D eigenvalue weighted by Crippen LogP contribution is -2.39. The maximum absolute atomic E-state index is 11.2. The second kappa shape index (κ2) is 4.64. The minimum absolute atomic E-state index is 0.0467. The highest BCUT2D eigenvalue weighted by Crippen LogP contribution is 2.18. The Morgan fingerprint density at radius 3 is 2.47 bits per heavy atom. The third-order valence-electron chi connectivity index (χ3n) is 2.61. The van der Waals surface area contributed by atoms with Crippen molar-refractivity contribution < 1.29 is 13.5 Å². The Hall–Kier alpha value is -1.11. The fourth-order valence-corrected chi connectivity index (χ4v) is 1.75. The summed E-state index contributed by atoms with van der Waals surface area (Å²) in [4.78, 5) is 0.0467. The van der Waals surface area contributed by atoms with E-state index in [0.717, 1.165) is 0 Å². The van der Waals surface area contributed by atoms with Crippen molar-refractivity contribution in [1.82, 2.24) is 0 Å². The first-order valence-electron chi connectivity index (χ1n) is 5.22. The highest BCUT2D eigenvalue weighted by atomic mass is 32.2. The third kappa shape index (κ3) is 3.99. The molecule has 96 valence electrons. The van der Waals surface area contributed by atoms with Gasteiger partial charge in [-0.2, -0.15) is 0 Å². The molecule has 0 saturated heterocycles. The van der Waals surface area contributed by atoms with E-state index in [2.05, 4.69) is 5.32 Å². The van der Waals surface area contributed by atoms with Gasteiger partial charge in [-0.3, -0.25) is 0 Å². The number of primary sulfonamides is 1. The minimum Gasteiger partial charge on any atom is -0.388 e. The molecule has 1 rings (SSSR count). The molecule has 0 spiro atoms. The van der Waals surface area contributed by atoms with Crippen molar-refractivity contribution in [2.75, 3.05) is 5.32 Å². The summed E-state index contributed by atoms with van der Waals surface area (Å²) in [5.74, 6) is 0. The van der Waals surface area contributed by atoms with E-state index in [9.17, 15) is 13.5 Å². The van der Waals surface area contributed by atoms with Crippen molar-refractivity contribution in [2.45, 2.75) is 37.3 Å². The molecule has 0 aromatic heterocycles. The standard InChI is InChI=1S/C11H18N2O3S/c1-8(11(2,3)14)13-9-5-4-6-10(7-9)17(12,15)16/h4-8,13-14H,1-3H3,(H2,12,15,16). The first-order valence-corrected chi connectivity index (χ1v) is 6.77. The van der Waals surface area contributed by atoms with Crippen LogP contribution in [0.4, 0.5) is 5.69 Å². The van der Waals surface area contributed by atoms with Crippen LogP contribution in [-0.2, 0) is 10.0 Å². The van der Waals surface area contributed by atoms with E-state index in [4.69, 9.17) is 5.14 Å². The fraction of sp³-hybridized carbons (Fsp3) is 0.455. The van der Waals surface area contributed by atoms with Gasteiger partial charge in [-0.15, -0.1) is 0 Å². The van der Waals surface area contributed by atoms with E-state index >= 15 is 0 Å². The van der Waals surface area contributed by atoms with Crippen LogP contribution < -0.4 is 10.5 Å². The molecule has 17 heavy (non-hydrogen) atoms. The topological polar surface area (TPSA) is 92.4 Å². The lowest BCUT2D eigenvalue weighted by molar-refractivity contribution is 0.0649. The summed E-state index contributed by atoms with van der Waals surface area (Å²) in [5, 5.41) is 17.8. The molecule has 4 N–H and O–H groups in total. The lowest BCUT2D eigenvalue weighted by atomic mass is 10.0. The molecule has 0 bridgehead atoms. The minimum atomic E-state index is -3.70. The molecule has 1 aromatic carbocycles. The molecule has 0 heterocycles. The predicted octanol–water partition coefficient (Wildman–Crippen LogP) is 0.905. The molecule has 6 heteroatoms. The number of rotatable bonds is 4. The summed E-state index contributed by atoms with van der Waals surface area (Å²) in [6, 6.07) is 5.96. The second-order valence-corrected chi connectivity index (χ2v) is 6.15. The maximum Gasteiger partial charge on any atom is 0.238 e. The van der Waals surface area contributed by atoms with Crippen LogP contribution in [0.3, 0.4) is 0 Å². The number of benzene rings is 1. The van der Waals surface area contributed by atoms with Crippen LogP contribution in [0.5, 0.6) is 0 Å². The zero-order chi connectivity index (χ0) is 13.3. The van der Waals surface area contributed by atoms with Gasteiger partial charge in [0.2, 0.25) is 10.0 Å². The Labute approximate surface area is 102 Å². The SMILES string of the molecule is CC(Nc1cccc(S(N)(=O)=O)c1)C(C)(C)O. The number of nitrogens with two attached hydrogens (primary N) is 1. The molecule has 5 nitrogen and oxygen atoms in total. The maximum atomic E-state index is 11.2. The molecule has 0 amide bonds. The molecule has 0 aliphatic carbocycles. The quantitative estimate of drug-likeness (QED) is 0.748. The van der Waals surface area contributed by atoms with Gasteiger partial charge in [-0.25, -0.2) is 13.6 Å². The fourth-order valence-electron chi connectivity index (χ4n) is 1.19. The van der Waals surface area contributed by atoms with Gasteiger partial charge in [0.25, 0.3) is 0 Å². The smallest absolute Gasteiger partial charge is 0.238 e. The van der Waals surface area contributed by atoms with Crippen molar-refractivity contribution in [1.29, 1.82) is 0 Å². The first kappa shape index (κ1) is 14.0. The highest BCUT2D eigenvalue weighted by Gasteiger charge is 2.22. The van der Waals surface area contributed by atoms with E-state index in [-0.39, 0.29) is 10.9 Å². The van der Waals surface area contributed by atoms with Crippen molar-refractivity contribution in [3.63, 3.8) is 0 Å². The molecule has 0 aliphatic heterocycles. The van der Waals surface area contributed by atoms with Crippen LogP contribution in [0, 0.1) is 0 Å². The molecule has 1 unspecified atom stereocenters. The first-order chi connectivity index (χ1) is 7.60. The molecule has 0 radical (unpaired) electrons. The van der Waals surface area contributed by atoms with Gasteiger partial charge < -0.3 is 10.4 Å². The van der Waals surface area contributed by atoms with E-state index in [1.54, 1.807) is 26.0 Å². The molecule has 0 fully saturated rings. The number of anilines is 1. The van der Waals surface area contributed by atoms with E-state index < -0.39 is 15.6 Å². The Balaban J connectivity index is 2.95. The normalized spacial score (nSPS) is 14.4. The van der Waals surface area contributed by atoms with Gasteiger partial charge in [0, 0.05) is 5.69 Å². The van der Waals surface area contributed by atoms with Gasteiger partial charge in [-0.1, -0.05) is 6.07 Å². The zero-order valence-electron chi connectivity index (χ0n) is 10.1. The average Bonchev–Trinajstić information content (AvgIpc) is 2.15. The molecule has 0 saturated carbocycles. The van der Waals surface area contributed by atoms with Crippen LogP contribution >= 0.6 is 0 Å². The number of aliphatic hydroxyl groups is 1. The summed E-state index contributed by atoms with van der Waals surface area (Å²) in [7, 11) is -3.70. The van der Waals surface area contributed by atoms with Crippen LogP contribution in [0.15, 0.2) is 29.2 Å². The van der Waals surface area contributed by atoms with Gasteiger partial charge in [0.1, 0.15) is 0 Å². The summed E-state index contributed by atoms with van der Waals surface area (Å²) in [6.07, 6.45) is 0. The van der Waals surface area contributed by atoms with Crippen LogP contribution in [0.2, 0.25) is 0 Å². The monoisotopic (exact) mass is 258 g/mol. The van der Waals surface area contributed by atoms with Gasteiger partial charge in [-0.05, 0) is 39.0 Å². The Morgan fingerprint density at radius 2 is 2.00 bits per heavy atom. The Bertz CT molecular complexity index is 492. The average molecular weight is 258 g/mol. The summed E-state index contributed by atoms with van der Waals surface area (Å²) >= 11 is 0. The van der Waals surface area contributed by atoms with E-state index in [0.29, 0.717) is 5.69 Å². The van der Waals surface area contributed by atoms with Crippen molar-refractivity contribution in [3.8, 4) is 0 Å². The number of nitrogens with one attached hydrogen (secondary N) is 1. The Morgan fingerprint density at radius 1 is 1.41 bits per heavy atom. The van der Waals surface area contributed by atoms with Gasteiger partial charge >= 0.3 is 0 Å². The van der Waals surface area contributed by atoms with Gasteiger partial charge in [0.05, 0.1) is 16.5 Å². The predicted molar refractivity (Wildman–Crippen MR) is 67.2 cm³/mol. The molecule has 1 atom stereocenters. The van der Waals surface area contributed by atoms with Crippen molar-refractivity contribution >= 4 is 15.7 Å². The van der Waals surface area contributed by atoms with Gasteiger partial charge in [0.15, 0.2) is 0 Å². The van der Waals surface area contributed by atoms with Crippen molar-refractivity contribution in [2.24, 2.45) is 5.14 Å². The molecule has 0 aliphatic rings. The summed E-state index contributed by atoms with van der Waals surface area (Å²) < 4.78 is 22.3. The number of hydrogen-bond acceptors (Lipinski definition) is 4. The Kier molecular flexibility index (Phi) is 3.81. The molecular weight excluding hydrogens is 240 g/mol. The summed E-state index contributed by atoms with van der Waals surface area (Å²) in [6.45, 7) is 5.16. The van der Waals surface area contributed by atoms with Crippen LogP contribution in [-0.4, -0.2) is 25.2 Å². The molecule has 1 aromatic rings. The van der Waals surface area contributed by atoms with E-state index in [1.807, 2.05) is 6.92 Å². The van der Waals surface area contributed by atoms with Crippen LogP contribution in [0.25, 0.3) is 0 Å². The van der Waals surface area contributed by atoms with Crippen molar-refractivity contribution in [3.05, 3.63) is 24.3 Å². The highest BCUT2D eigenvalue weighted by molar-refractivity contribution is 7.89. The van der Waals surface area contributed by atoms with Crippen LogP contribution in [0.1, 0.15) is 20.8 Å². The third-order valence-corrected chi connectivity index (χ3v) is 3.52.